The highest BCUT2D eigenvalue weighted by Gasteiger charge is 2.08. The van der Waals surface area contributed by atoms with Gasteiger partial charge in [0.25, 0.3) is 0 Å². The van der Waals surface area contributed by atoms with Crippen molar-refractivity contribution < 1.29 is 5.11 Å². The highest BCUT2D eigenvalue weighted by molar-refractivity contribution is 6.33. The van der Waals surface area contributed by atoms with Gasteiger partial charge in [-0.1, -0.05) is 17.7 Å². The van der Waals surface area contributed by atoms with Gasteiger partial charge in [-0.05, 0) is 12.1 Å². The number of phenolic OH excluding ortho intramolecular Hbond substituents is 1. The number of nitrogens with one attached hydrogen (secondary N) is 1. The minimum Gasteiger partial charge on any atom is -0.507 e. The summed E-state index contributed by atoms with van der Waals surface area (Å²) in [5, 5.41) is 16.5. The molecule has 0 atom stereocenters. The molecule has 0 fully saturated rings. The van der Waals surface area contributed by atoms with Gasteiger partial charge in [0.05, 0.1) is 11.2 Å². The molecule has 66 valence electrons. The highest BCUT2D eigenvalue weighted by Crippen LogP contribution is 2.34. The number of benzene rings is 1. The van der Waals surface area contributed by atoms with Crippen LogP contribution >= 0.6 is 11.6 Å². The molecule has 0 aliphatic carbocycles. The van der Waals surface area contributed by atoms with E-state index >= 15 is 0 Å². The molecule has 1 aromatic heterocycles. The average Bonchev–Trinajstić information content (AvgIpc) is 2.57. The lowest BCUT2D eigenvalue weighted by Crippen LogP contribution is -1.77. The van der Waals surface area contributed by atoms with E-state index in [2.05, 4.69) is 10.2 Å². The Balaban J connectivity index is 2.64. The van der Waals surface area contributed by atoms with E-state index in [9.17, 15) is 5.11 Å². The van der Waals surface area contributed by atoms with Crippen LogP contribution in [-0.4, -0.2) is 15.3 Å². The average molecular weight is 195 g/mol. The molecular formula is C9H7ClN2O. The van der Waals surface area contributed by atoms with Crippen molar-refractivity contribution in [2.45, 2.75) is 0 Å². The Labute approximate surface area is 80.0 Å². The van der Waals surface area contributed by atoms with Crippen molar-refractivity contribution in [3.8, 4) is 16.9 Å². The Morgan fingerprint density at radius 2 is 2.23 bits per heavy atom. The van der Waals surface area contributed by atoms with Crippen LogP contribution in [0.4, 0.5) is 0 Å². The number of aromatic hydroxyl groups is 1. The topological polar surface area (TPSA) is 48.9 Å². The number of rotatable bonds is 1. The Bertz CT molecular complexity index is 391. The van der Waals surface area contributed by atoms with Crippen LogP contribution in [0.1, 0.15) is 0 Å². The summed E-state index contributed by atoms with van der Waals surface area (Å²) < 4.78 is 0. The van der Waals surface area contributed by atoms with Crippen molar-refractivity contribution in [2.75, 3.05) is 0 Å². The lowest BCUT2D eigenvalue weighted by molar-refractivity contribution is 0.477. The van der Waals surface area contributed by atoms with Gasteiger partial charge in [-0.15, -0.1) is 0 Å². The summed E-state index contributed by atoms with van der Waals surface area (Å²) in [7, 11) is 0. The maximum absolute atomic E-state index is 9.54. The standard InChI is InChI=1S/C9H7ClN2O/c10-7-2-1-3-8(13)9(7)6-4-11-12-5-6/h1-5,13H,(H,11,12). The van der Waals surface area contributed by atoms with Crippen molar-refractivity contribution >= 4 is 11.6 Å². The molecule has 4 heteroatoms. The number of hydrogen-bond acceptors (Lipinski definition) is 2. The maximum Gasteiger partial charge on any atom is 0.125 e. The van der Waals surface area contributed by atoms with Gasteiger partial charge >= 0.3 is 0 Å². The largest absolute Gasteiger partial charge is 0.507 e. The third-order valence-corrected chi connectivity index (χ3v) is 2.09. The van der Waals surface area contributed by atoms with E-state index in [1.807, 2.05) is 0 Å². The molecule has 1 heterocycles. The van der Waals surface area contributed by atoms with Crippen LogP contribution in [0.2, 0.25) is 5.02 Å². The second-order valence-corrected chi connectivity index (χ2v) is 3.03. The number of phenols is 1. The summed E-state index contributed by atoms with van der Waals surface area (Å²) in [6.45, 7) is 0. The predicted molar refractivity (Wildman–Crippen MR) is 50.7 cm³/mol. The van der Waals surface area contributed by atoms with Crippen molar-refractivity contribution in [3.05, 3.63) is 35.6 Å². The number of halogens is 1. The molecule has 1 aromatic carbocycles. The van der Waals surface area contributed by atoms with Gasteiger partial charge in [0, 0.05) is 17.3 Å². The van der Waals surface area contributed by atoms with Crippen molar-refractivity contribution in [1.29, 1.82) is 0 Å². The van der Waals surface area contributed by atoms with Crippen molar-refractivity contribution in [1.82, 2.24) is 10.2 Å². The Kier molecular flexibility index (Phi) is 1.94. The van der Waals surface area contributed by atoms with E-state index in [-0.39, 0.29) is 5.75 Å². The number of aromatic nitrogens is 2. The third-order valence-electron chi connectivity index (χ3n) is 1.78. The van der Waals surface area contributed by atoms with Crippen LogP contribution in [-0.2, 0) is 0 Å². The second-order valence-electron chi connectivity index (χ2n) is 2.62. The van der Waals surface area contributed by atoms with Crippen LogP contribution in [0.3, 0.4) is 0 Å². The summed E-state index contributed by atoms with van der Waals surface area (Å²) in [4.78, 5) is 0. The van der Waals surface area contributed by atoms with Crippen LogP contribution in [0.15, 0.2) is 30.6 Å². The summed E-state index contributed by atoms with van der Waals surface area (Å²) in [6.07, 6.45) is 3.29. The van der Waals surface area contributed by atoms with E-state index in [0.29, 0.717) is 10.6 Å². The molecule has 0 aliphatic heterocycles. The first-order valence-corrected chi connectivity index (χ1v) is 4.13. The van der Waals surface area contributed by atoms with E-state index in [0.717, 1.165) is 5.56 Å². The molecule has 0 unspecified atom stereocenters. The molecule has 3 nitrogen and oxygen atoms in total. The first-order valence-electron chi connectivity index (χ1n) is 3.75. The molecule has 2 rings (SSSR count). The van der Waals surface area contributed by atoms with Crippen LogP contribution < -0.4 is 0 Å². The third kappa shape index (κ3) is 1.38. The van der Waals surface area contributed by atoms with Gasteiger partial charge in [-0.2, -0.15) is 5.10 Å². The molecular weight excluding hydrogens is 188 g/mol. The predicted octanol–water partition coefficient (Wildman–Crippen LogP) is 2.44. The number of aromatic amines is 1. The lowest BCUT2D eigenvalue weighted by atomic mass is 10.1. The van der Waals surface area contributed by atoms with Crippen LogP contribution in [0, 0.1) is 0 Å². The van der Waals surface area contributed by atoms with Gasteiger partial charge in [0.15, 0.2) is 0 Å². The normalized spacial score (nSPS) is 10.2. The first-order chi connectivity index (χ1) is 6.29. The molecule has 0 radical (unpaired) electrons. The summed E-state index contributed by atoms with van der Waals surface area (Å²) in [6, 6.07) is 5.01. The van der Waals surface area contributed by atoms with E-state index < -0.39 is 0 Å². The summed E-state index contributed by atoms with van der Waals surface area (Å²) >= 11 is 5.92. The zero-order valence-electron chi connectivity index (χ0n) is 6.66. The molecule has 2 aromatic rings. The number of hydrogen-bond donors (Lipinski definition) is 2. The minimum absolute atomic E-state index is 0.161. The Morgan fingerprint density at radius 1 is 1.38 bits per heavy atom. The number of nitrogens with zero attached hydrogens (tertiary/aromatic N) is 1. The van der Waals surface area contributed by atoms with Crippen molar-refractivity contribution in [2.24, 2.45) is 0 Å². The lowest BCUT2D eigenvalue weighted by Gasteiger charge is -2.02. The first kappa shape index (κ1) is 8.13. The number of H-pyrrole nitrogens is 1. The molecule has 0 bridgehead atoms. The van der Waals surface area contributed by atoms with Gasteiger partial charge in [-0.3, -0.25) is 5.10 Å². The van der Waals surface area contributed by atoms with Gasteiger partial charge < -0.3 is 5.11 Å². The quantitative estimate of drug-likeness (QED) is 0.733. The van der Waals surface area contributed by atoms with Crippen molar-refractivity contribution in [3.63, 3.8) is 0 Å². The molecule has 0 saturated heterocycles. The molecule has 13 heavy (non-hydrogen) atoms. The zero-order chi connectivity index (χ0) is 9.26. The molecule has 0 aliphatic rings. The van der Waals surface area contributed by atoms with E-state index in [1.54, 1.807) is 30.6 Å². The Hall–Kier alpha value is -1.48. The van der Waals surface area contributed by atoms with Crippen LogP contribution in [0.25, 0.3) is 11.1 Å². The Morgan fingerprint density at radius 3 is 2.85 bits per heavy atom. The van der Waals surface area contributed by atoms with Gasteiger partial charge in [0.1, 0.15) is 5.75 Å². The molecule has 0 spiro atoms. The molecule has 0 saturated carbocycles. The smallest absolute Gasteiger partial charge is 0.125 e. The van der Waals surface area contributed by atoms with Crippen LogP contribution in [0.5, 0.6) is 5.75 Å². The SMILES string of the molecule is Oc1cccc(Cl)c1-c1cn[nH]c1. The summed E-state index contributed by atoms with van der Waals surface area (Å²) in [5.74, 6) is 0.161. The second kappa shape index (κ2) is 3.11. The minimum atomic E-state index is 0.161. The van der Waals surface area contributed by atoms with E-state index in [4.69, 9.17) is 11.6 Å². The molecule has 2 N–H and O–H groups in total. The maximum atomic E-state index is 9.54. The fraction of sp³-hybridized carbons (Fsp3) is 0. The summed E-state index contributed by atoms with van der Waals surface area (Å²) in [5.41, 5.74) is 1.39. The monoisotopic (exact) mass is 194 g/mol. The van der Waals surface area contributed by atoms with Gasteiger partial charge in [-0.25, -0.2) is 0 Å². The highest BCUT2D eigenvalue weighted by atomic mass is 35.5. The fourth-order valence-electron chi connectivity index (χ4n) is 1.19. The zero-order valence-corrected chi connectivity index (χ0v) is 7.42. The molecule has 0 amide bonds. The van der Waals surface area contributed by atoms with Gasteiger partial charge in [0.2, 0.25) is 0 Å². The van der Waals surface area contributed by atoms with E-state index in [1.165, 1.54) is 0 Å². The fourth-order valence-corrected chi connectivity index (χ4v) is 1.46.